The van der Waals surface area contributed by atoms with Crippen molar-refractivity contribution in [1.82, 2.24) is 4.90 Å². The van der Waals surface area contributed by atoms with E-state index in [4.69, 9.17) is 11.6 Å². The van der Waals surface area contributed by atoms with E-state index in [0.29, 0.717) is 10.7 Å². The summed E-state index contributed by atoms with van der Waals surface area (Å²) in [5.74, 6) is -0.215. The first-order valence-corrected chi connectivity index (χ1v) is 11.7. The Morgan fingerprint density at radius 3 is 2.34 bits per heavy atom. The molecule has 1 aliphatic rings. The number of hydrogen-bond acceptors (Lipinski definition) is 3. The summed E-state index contributed by atoms with van der Waals surface area (Å²) in [6, 6.07) is 13.4. The van der Waals surface area contributed by atoms with Gasteiger partial charge in [-0.1, -0.05) is 55.1 Å². The van der Waals surface area contributed by atoms with Crippen LogP contribution in [0.5, 0.6) is 0 Å². The maximum absolute atomic E-state index is 13.4. The molecule has 0 aromatic heterocycles. The lowest BCUT2D eigenvalue weighted by Crippen LogP contribution is -2.45. The fourth-order valence-corrected chi connectivity index (χ4v) is 5.28. The van der Waals surface area contributed by atoms with E-state index in [2.05, 4.69) is 0 Å². The Bertz CT molecular complexity index is 957. The molecule has 0 saturated heterocycles. The Labute approximate surface area is 178 Å². The molecule has 1 aliphatic carbocycles. The number of aryl methyl sites for hydroxylation is 1. The molecule has 2 aromatic carbocycles. The van der Waals surface area contributed by atoms with Crippen LogP contribution in [0.2, 0.25) is 5.02 Å². The van der Waals surface area contributed by atoms with E-state index in [1.54, 1.807) is 48.3 Å². The minimum absolute atomic E-state index is 0.143. The number of hydrogen-bond donors (Lipinski definition) is 0. The second-order valence-corrected chi connectivity index (χ2v) is 9.82. The molecule has 5 nitrogen and oxygen atoms in total. The summed E-state index contributed by atoms with van der Waals surface area (Å²) in [5, 5.41) is 0.462. The zero-order valence-corrected chi connectivity index (χ0v) is 18.4. The number of rotatable bonds is 6. The lowest BCUT2D eigenvalue weighted by atomic mass is 9.94. The highest BCUT2D eigenvalue weighted by Crippen LogP contribution is 2.29. The molecule has 1 amide bonds. The Morgan fingerprint density at radius 2 is 1.72 bits per heavy atom. The van der Waals surface area contributed by atoms with Gasteiger partial charge in [-0.25, -0.2) is 8.42 Å². The quantitative estimate of drug-likeness (QED) is 0.665. The summed E-state index contributed by atoms with van der Waals surface area (Å²) in [6.45, 7) is 1.59. The molecule has 2 aromatic rings. The topological polar surface area (TPSA) is 57.7 Å². The number of likely N-dealkylation sites (N-methyl/N-ethyl adjacent to an activating group) is 1. The largest absolute Gasteiger partial charge is 0.341 e. The average Bonchev–Trinajstić information content (AvgIpc) is 2.74. The molecule has 0 bridgehead atoms. The Balaban J connectivity index is 1.94. The summed E-state index contributed by atoms with van der Waals surface area (Å²) < 4.78 is 27.9. The average molecular weight is 435 g/mol. The summed E-state index contributed by atoms with van der Waals surface area (Å²) in [6.07, 6.45) is 5.31. The standard InChI is InChI=1S/C22H27ClN2O3S/c1-17-13-14-19(15-21(17)23)25(29(27,28)20-11-7-4-8-12-20)16-22(26)24(2)18-9-5-3-6-10-18/h4,7-8,11-15,18H,3,5-6,9-10,16H2,1-2H3. The third-order valence-corrected chi connectivity index (χ3v) is 7.76. The third kappa shape index (κ3) is 4.93. The molecule has 0 atom stereocenters. The number of nitrogens with zero attached hydrogens (tertiary/aromatic N) is 2. The molecule has 1 saturated carbocycles. The van der Waals surface area contributed by atoms with E-state index in [9.17, 15) is 13.2 Å². The van der Waals surface area contributed by atoms with Gasteiger partial charge in [-0.15, -0.1) is 0 Å². The van der Waals surface area contributed by atoms with Gasteiger partial charge in [0.25, 0.3) is 10.0 Å². The highest BCUT2D eigenvalue weighted by atomic mass is 35.5. The van der Waals surface area contributed by atoms with Gasteiger partial charge in [0.05, 0.1) is 10.6 Å². The number of halogens is 1. The minimum Gasteiger partial charge on any atom is -0.341 e. The number of anilines is 1. The van der Waals surface area contributed by atoms with Gasteiger partial charge in [0, 0.05) is 18.1 Å². The molecule has 0 heterocycles. The van der Waals surface area contributed by atoms with Crippen LogP contribution in [0.15, 0.2) is 53.4 Å². The molecule has 156 valence electrons. The van der Waals surface area contributed by atoms with Crippen LogP contribution in [-0.2, 0) is 14.8 Å². The highest BCUT2D eigenvalue weighted by Gasteiger charge is 2.30. The Kier molecular flexibility index (Phi) is 6.85. The lowest BCUT2D eigenvalue weighted by molar-refractivity contribution is -0.130. The van der Waals surface area contributed by atoms with Gasteiger partial charge in [-0.3, -0.25) is 9.10 Å². The number of benzene rings is 2. The Hall–Kier alpha value is -2.05. The van der Waals surface area contributed by atoms with Crippen molar-refractivity contribution in [1.29, 1.82) is 0 Å². The van der Waals surface area contributed by atoms with E-state index in [0.717, 1.165) is 35.6 Å². The molecular weight excluding hydrogens is 408 g/mol. The van der Waals surface area contributed by atoms with Crippen LogP contribution in [0.1, 0.15) is 37.7 Å². The van der Waals surface area contributed by atoms with Crippen molar-refractivity contribution < 1.29 is 13.2 Å². The molecular formula is C22H27ClN2O3S. The van der Waals surface area contributed by atoms with Gasteiger partial charge in [0.2, 0.25) is 5.91 Å². The van der Waals surface area contributed by atoms with Crippen LogP contribution in [0.3, 0.4) is 0 Å². The molecule has 0 spiro atoms. The summed E-state index contributed by atoms with van der Waals surface area (Å²) in [4.78, 5) is 14.9. The molecule has 0 aliphatic heterocycles. The van der Waals surface area contributed by atoms with E-state index in [1.807, 2.05) is 6.92 Å². The lowest BCUT2D eigenvalue weighted by Gasteiger charge is -2.33. The van der Waals surface area contributed by atoms with Gasteiger partial charge in [-0.05, 0) is 49.6 Å². The van der Waals surface area contributed by atoms with Crippen LogP contribution >= 0.6 is 11.6 Å². The second kappa shape index (κ2) is 9.18. The maximum Gasteiger partial charge on any atom is 0.264 e. The van der Waals surface area contributed by atoms with E-state index < -0.39 is 10.0 Å². The van der Waals surface area contributed by atoms with Crippen LogP contribution in [0, 0.1) is 6.92 Å². The highest BCUT2D eigenvalue weighted by molar-refractivity contribution is 7.92. The molecule has 1 fully saturated rings. The molecule has 0 N–H and O–H groups in total. The summed E-state index contributed by atoms with van der Waals surface area (Å²) >= 11 is 6.26. The van der Waals surface area contributed by atoms with Crippen molar-refractivity contribution in [2.24, 2.45) is 0 Å². The van der Waals surface area contributed by atoms with E-state index in [1.165, 1.54) is 18.6 Å². The van der Waals surface area contributed by atoms with Gasteiger partial charge in [-0.2, -0.15) is 0 Å². The fraction of sp³-hybridized carbons (Fsp3) is 0.409. The van der Waals surface area contributed by atoms with E-state index >= 15 is 0 Å². The first-order valence-electron chi connectivity index (χ1n) is 9.90. The van der Waals surface area contributed by atoms with Crippen LogP contribution in [0.25, 0.3) is 0 Å². The zero-order chi connectivity index (χ0) is 21.0. The SMILES string of the molecule is Cc1ccc(N(CC(=O)N(C)C2CCCCC2)S(=O)(=O)c2ccccc2)cc1Cl. The van der Waals surface area contributed by atoms with Crippen molar-refractivity contribution in [3.63, 3.8) is 0 Å². The van der Waals surface area contributed by atoms with Gasteiger partial charge in [0.1, 0.15) is 6.54 Å². The number of sulfonamides is 1. The molecule has 29 heavy (non-hydrogen) atoms. The van der Waals surface area contributed by atoms with Gasteiger partial charge in [0.15, 0.2) is 0 Å². The van der Waals surface area contributed by atoms with Crippen molar-refractivity contribution in [3.05, 3.63) is 59.1 Å². The molecule has 3 rings (SSSR count). The number of carbonyl (C=O) groups excluding carboxylic acids is 1. The summed E-state index contributed by atoms with van der Waals surface area (Å²) in [7, 11) is -2.14. The Morgan fingerprint density at radius 1 is 1.07 bits per heavy atom. The monoisotopic (exact) mass is 434 g/mol. The second-order valence-electron chi connectivity index (χ2n) is 7.55. The van der Waals surface area contributed by atoms with E-state index in [-0.39, 0.29) is 23.4 Å². The minimum atomic E-state index is -3.92. The third-order valence-electron chi connectivity index (χ3n) is 5.57. The summed E-state index contributed by atoms with van der Waals surface area (Å²) in [5.41, 5.74) is 1.23. The van der Waals surface area contributed by atoms with Crippen LogP contribution in [-0.4, -0.2) is 38.9 Å². The molecule has 7 heteroatoms. The first kappa shape index (κ1) is 21.7. The fourth-order valence-electron chi connectivity index (χ4n) is 3.68. The number of carbonyl (C=O) groups is 1. The molecule has 0 unspecified atom stereocenters. The van der Waals surface area contributed by atoms with Crippen molar-refractivity contribution in [3.8, 4) is 0 Å². The maximum atomic E-state index is 13.4. The van der Waals surface area contributed by atoms with Crippen LogP contribution < -0.4 is 4.31 Å². The van der Waals surface area contributed by atoms with Gasteiger partial charge >= 0.3 is 0 Å². The normalized spacial score (nSPS) is 15.1. The van der Waals surface area contributed by atoms with Crippen molar-refractivity contribution in [2.45, 2.75) is 50.0 Å². The predicted molar refractivity (Wildman–Crippen MR) is 117 cm³/mol. The number of amides is 1. The molecule has 0 radical (unpaired) electrons. The zero-order valence-electron chi connectivity index (χ0n) is 16.8. The van der Waals surface area contributed by atoms with Gasteiger partial charge < -0.3 is 4.90 Å². The van der Waals surface area contributed by atoms with Crippen LogP contribution in [0.4, 0.5) is 5.69 Å². The van der Waals surface area contributed by atoms with Crippen molar-refractivity contribution >= 4 is 33.2 Å². The van der Waals surface area contributed by atoms with Crippen molar-refractivity contribution in [2.75, 3.05) is 17.9 Å². The first-order chi connectivity index (χ1) is 13.8. The smallest absolute Gasteiger partial charge is 0.264 e. The predicted octanol–water partition coefficient (Wildman–Crippen LogP) is 4.63.